The zero-order valence-corrected chi connectivity index (χ0v) is 12.1. The van der Waals surface area contributed by atoms with Crippen molar-refractivity contribution in [2.45, 2.75) is 40.5 Å². The van der Waals surface area contributed by atoms with E-state index in [0.29, 0.717) is 10.0 Å². The van der Waals surface area contributed by atoms with Gasteiger partial charge in [-0.2, -0.15) is 5.26 Å². The first-order valence-electron chi connectivity index (χ1n) is 5.98. The van der Waals surface area contributed by atoms with Crippen molar-refractivity contribution in [2.24, 2.45) is 11.3 Å². The summed E-state index contributed by atoms with van der Waals surface area (Å²) in [5.41, 5.74) is 0.240. The summed E-state index contributed by atoms with van der Waals surface area (Å²) in [6.45, 7) is 8.41. The van der Waals surface area contributed by atoms with Crippen LogP contribution in [0.5, 0.6) is 0 Å². The maximum Gasteiger partial charge on any atom is 0.228 e. The molecule has 1 atom stereocenters. The van der Waals surface area contributed by atoms with Crippen LogP contribution in [0.1, 0.15) is 45.4 Å². The smallest absolute Gasteiger partial charge is 0.228 e. The molecule has 0 bridgehead atoms. The van der Waals surface area contributed by atoms with Crippen molar-refractivity contribution in [1.29, 1.82) is 5.26 Å². The molecule has 0 aliphatic rings. The Hall–Kier alpha value is -1.41. The van der Waals surface area contributed by atoms with Gasteiger partial charge in [0, 0.05) is 5.92 Å². The van der Waals surface area contributed by atoms with Gasteiger partial charge in [0.25, 0.3) is 0 Å². The molecule has 1 N–H and O–H groups in total. The number of carbonyl (C=O) groups excluding carboxylic acids is 1. The van der Waals surface area contributed by atoms with Crippen molar-refractivity contribution in [3.05, 3.63) is 11.1 Å². The number of thiazole rings is 1. The molecule has 0 spiro atoms. The standard InChI is InChI=1S/C13H19N3OS/c1-9(5-6-13(2,3)4)11(17)16-12-15-8-10(7-14)18-12/h8-9H,5-6H2,1-4H3,(H,15,16,17). The van der Waals surface area contributed by atoms with Crippen molar-refractivity contribution in [2.75, 3.05) is 5.32 Å². The molecule has 1 heterocycles. The average molecular weight is 265 g/mol. The Balaban J connectivity index is 2.47. The van der Waals surface area contributed by atoms with Crippen LogP contribution in [0.2, 0.25) is 0 Å². The molecule has 1 aromatic rings. The summed E-state index contributed by atoms with van der Waals surface area (Å²) in [6.07, 6.45) is 3.33. The normalized spacial score (nSPS) is 12.8. The van der Waals surface area contributed by atoms with E-state index in [4.69, 9.17) is 5.26 Å². The predicted molar refractivity (Wildman–Crippen MR) is 73.3 cm³/mol. The quantitative estimate of drug-likeness (QED) is 0.907. The average Bonchev–Trinajstić information content (AvgIpc) is 2.72. The molecule has 5 heteroatoms. The summed E-state index contributed by atoms with van der Waals surface area (Å²) in [5.74, 6) is -0.0725. The number of amides is 1. The van der Waals surface area contributed by atoms with E-state index in [1.54, 1.807) is 0 Å². The minimum absolute atomic E-state index is 0.0295. The Bertz CT molecular complexity index is 454. The van der Waals surface area contributed by atoms with E-state index in [1.165, 1.54) is 17.5 Å². The van der Waals surface area contributed by atoms with Gasteiger partial charge in [-0.15, -0.1) is 0 Å². The molecule has 0 fully saturated rings. The van der Waals surface area contributed by atoms with Gasteiger partial charge in [0.2, 0.25) is 5.91 Å². The van der Waals surface area contributed by atoms with Crippen LogP contribution in [0.4, 0.5) is 5.13 Å². The van der Waals surface area contributed by atoms with Crippen molar-refractivity contribution in [3.8, 4) is 6.07 Å². The van der Waals surface area contributed by atoms with Crippen LogP contribution in [0.3, 0.4) is 0 Å². The first kappa shape index (κ1) is 14.7. The lowest BCUT2D eigenvalue weighted by Gasteiger charge is -2.20. The Morgan fingerprint density at radius 1 is 1.61 bits per heavy atom. The van der Waals surface area contributed by atoms with E-state index in [-0.39, 0.29) is 17.2 Å². The molecule has 1 unspecified atom stereocenters. The minimum Gasteiger partial charge on any atom is -0.302 e. The van der Waals surface area contributed by atoms with Gasteiger partial charge < -0.3 is 5.32 Å². The number of nitrogens with one attached hydrogen (secondary N) is 1. The Kier molecular flexibility index (Phi) is 4.85. The van der Waals surface area contributed by atoms with E-state index in [2.05, 4.69) is 31.1 Å². The highest BCUT2D eigenvalue weighted by Crippen LogP contribution is 2.24. The third-order valence-electron chi connectivity index (χ3n) is 2.62. The van der Waals surface area contributed by atoms with E-state index in [9.17, 15) is 4.79 Å². The Morgan fingerprint density at radius 3 is 2.78 bits per heavy atom. The van der Waals surface area contributed by atoms with Gasteiger partial charge in [0.15, 0.2) is 5.13 Å². The van der Waals surface area contributed by atoms with Gasteiger partial charge in [-0.25, -0.2) is 4.98 Å². The van der Waals surface area contributed by atoms with E-state index in [0.717, 1.165) is 12.8 Å². The molecule has 0 saturated carbocycles. The largest absolute Gasteiger partial charge is 0.302 e. The summed E-state index contributed by atoms with van der Waals surface area (Å²) in [5, 5.41) is 11.9. The molecule has 0 aromatic carbocycles. The van der Waals surface area contributed by atoms with Gasteiger partial charge in [-0.05, 0) is 18.3 Å². The van der Waals surface area contributed by atoms with Crippen LogP contribution in [0.15, 0.2) is 6.20 Å². The van der Waals surface area contributed by atoms with E-state index in [1.807, 2.05) is 13.0 Å². The number of carbonyl (C=O) groups is 1. The fourth-order valence-corrected chi connectivity index (χ4v) is 2.01. The SMILES string of the molecule is CC(CCC(C)(C)C)C(=O)Nc1ncc(C#N)s1. The number of hydrogen-bond acceptors (Lipinski definition) is 4. The van der Waals surface area contributed by atoms with E-state index < -0.39 is 0 Å². The monoisotopic (exact) mass is 265 g/mol. The van der Waals surface area contributed by atoms with Crippen molar-refractivity contribution in [1.82, 2.24) is 4.98 Å². The number of aromatic nitrogens is 1. The number of anilines is 1. The molecule has 98 valence electrons. The highest BCUT2D eigenvalue weighted by molar-refractivity contribution is 7.16. The first-order valence-corrected chi connectivity index (χ1v) is 6.80. The van der Waals surface area contributed by atoms with Crippen LogP contribution in [-0.4, -0.2) is 10.9 Å². The van der Waals surface area contributed by atoms with Crippen LogP contribution in [0.25, 0.3) is 0 Å². The number of nitrogens with zero attached hydrogens (tertiary/aromatic N) is 2. The summed E-state index contributed by atoms with van der Waals surface area (Å²) in [4.78, 5) is 16.4. The number of nitriles is 1. The molecule has 0 aliphatic heterocycles. The zero-order valence-electron chi connectivity index (χ0n) is 11.3. The molecular formula is C13H19N3OS. The van der Waals surface area contributed by atoms with Gasteiger partial charge in [-0.1, -0.05) is 39.0 Å². The lowest BCUT2D eigenvalue weighted by atomic mass is 9.87. The third-order valence-corrected chi connectivity index (χ3v) is 3.44. The lowest BCUT2D eigenvalue weighted by molar-refractivity contribution is -0.119. The summed E-state index contributed by atoms with van der Waals surface area (Å²) in [7, 11) is 0. The topological polar surface area (TPSA) is 65.8 Å². The summed E-state index contributed by atoms with van der Waals surface area (Å²) in [6, 6.07) is 2.00. The van der Waals surface area contributed by atoms with Crippen molar-refractivity contribution in [3.63, 3.8) is 0 Å². The highest BCUT2D eigenvalue weighted by atomic mass is 32.1. The number of rotatable bonds is 4. The van der Waals surface area contributed by atoms with Gasteiger partial charge >= 0.3 is 0 Å². The molecule has 4 nitrogen and oxygen atoms in total. The maximum atomic E-state index is 11.9. The molecule has 0 radical (unpaired) electrons. The van der Waals surface area contributed by atoms with Gasteiger partial charge in [0.05, 0.1) is 6.20 Å². The molecule has 18 heavy (non-hydrogen) atoms. The van der Waals surface area contributed by atoms with Crippen molar-refractivity contribution >= 4 is 22.4 Å². The number of hydrogen-bond donors (Lipinski definition) is 1. The maximum absolute atomic E-state index is 11.9. The lowest BCUT2D eigenvalue weighted by Crippen LogP contribution is -2.21. The molecule has 1 aromatic heterocycles. The van der Waals surface area contributed by atoms with Crippen LogP contribution in [0, 0.1) is 22.7 Å². The van der Waals surface area contributed by atoms with Crippen LogP contribution in [-0.2, 0) is 4.79 Å². The van der Waals surface area contributed by atoms with Gasteiger partial charge in [0.1, 0.15) is 10.9 Å². The highest BCUT2D eigenvalue weighted by Gasteiger charge is 2.18. The molecule has 0 saturated heterocycles. The first-order chi connectivity index (χ1) is 8.31. The Labute approximate surface area is 112 Å². The fourth-order valence-electron chi connectivity index (χ4n) is 1.39. The predicted octanol–water partition coefficient (Wildman–Crippen LogP) is 3.42. The summed E-state index contributed by atoms with van der Waals surface area (Å²) < 4.78 is 0. The third kappa shape index (κ3) is 4.84. The minimum atomic E-state index is -0.0429. The molecule has 1 amide bonds. The van der Waals surface area contributed by atoms with Gasteiger partial charge in [-0.3, -0.25) is 4.79 Å². The Morgan fingerprint density at radius 2 is 2.28 bits per heavy atom. The fraction of sp³-hybridized carbons (Fsp3) is 0.615. The summed E-state index contributed by atoms with van der Waals surface area (Å²) >= 11 is 1.20. The second-order valence-electron chi connectivity index (χ2n) is 5.63. The van der Waals surface area contributed by atoms with Crippen molar-refractivity contribution < 1.29 is 4.79 Å². The molecule has 1 rings (SSSR count). The molecular weight excluding hydrogens is 246 g/mol. The second-order valence-corrected chi connectivity index (χ2v) is 6.66. The van der Waals surface area contributed by atoms with E-state index >= 15 is 0 Å². The van der Waals surface area contributed by atoms with Crippen LogP contribution < -0.4 is 5.32 Å². The molecule has 0 aliphatic carbocycles. The van der Waals surface area contributed by atoms with Crippen LogP contribution >= 0.6 is 11.3 Å². The zero-order chi connectivity index (χ0) is 13.8. The second kappa shape index (κ2) is 5.96.